The van der Waals surface area contributed by atoms with Crippen LogP contribution in [0.25, 0.3) is 10.9 Å². The maximum absolute atomic E-state index is 12.9. The van der Waals surface area contributed by atoms with Gasteiger partial charge in [0.1, 0.15) is 23.0 Å². The topological polar surface area (TPSA) is 78.0 Å². The second kappa shape index (κ2) is 7.55. The number of likely N-dealkylation sites (tertiary alicyclic amines) is 1. The van der Waals surface area contributed by atoms with Crippen molar-refractivity contribution in [1.82, 2.24) is 9.88 Å². The summed E-state index contributed by atoms with van der Waals surface area (Å²) in [6, 6.07) is 7.01. The number of fused-ring (bicyclic) bond motifs is 3. The molecular formula is C23H27ClN2O5. The van der Waals surface area contributed by atoms with Crippen LogP contribution in [-0.4, -0.2) is 52.8 Å². The van der Waals surface area contributed by atoms with Crippen LogP contribution in [0.2, 0.25) is 0 Å². The number of halogens is 1. The molecule has 0 bridgehead atoms. The number of hydrogen-bond donors (Lipinski definition) is 0. The Kier molecular flexibility index (Phi) is 5.28. The normalized spacial score (nSPS) is 25.3. The van der Waals surface area contributed by atoms with Crippen LogP contribution < -0.4 is 4.74 Å². The fourth-order valence-corrected chi connectivity index (χ4v) is 5.00. The van der Waals surface area contributed by atoms with Crippen molar-refractivity contribution in [2.24, 2.45) is 0 Å². The number of hydrogen-bond acceptors (Lipinski definition) is 6. The molecule has 2 aromatic rings. The first kappa shape index (κ1) is 21.7. The number of amides is 1. The summed E-state index contributed by atoms with van der Waals surface area (Å²) in [5.74, 6) is 0.121. The maximum Gasteiger partial charge on any atom is 0.411 e. The maximum atomic E-state index is 12.9. The minimum absolute atomic E-state index is 0.177. The second-order valence-electron chi connectivity index (χ2n) is 9.27. The van der Waals surface area contributed by atoms with E-state index in [1.54, 1.807) is 20.8 Å². The summed E-state index contributed by atoms with van der Waals surface area (Å²) < 4.78 is 17.0. The molecule has 1 fully saturated rings. The highest BCUT2D eigenvalue weighted by molar-refractivity contribution is 6.22. The Morgan fingerprint density at radius 1 is 1.26 bits per heavy atom. The molecule has 0 radical (unpaired) electrons. The van der Waals surface area contributed by atoms with Gasteiger partial charge in [-0.25, -0.2) is 14.6 Å². The highest BCUT2D eigenvalue weighted by atomic mass is 35.5. The Hall–Kier alpha value is -2.54. The van der Waals surface area contributed by atoms with Crippen molar-refractivity contribution in [3.8, 4) is 5.75 Å². The number of para-hydroxylation sites is 1. The molecule has 7 nitrogen and oxygen atoms in total. The molecule has 1 saturated heterocycles. The first-order valence-electron chi connectivity index (χ1n) is 10.3. The first-order chi connectivity index (χ1) is 14.5. The van der Waals surface area contributed by atoms with Gasteiger partial charge >= 0.3 is 12.1 Å². The Labute approximate surface area is 186 Å². The van der Waals surface area contributed by atoms with Crippen LogP contribution in [-0.2, 0) is 14.3 Å². The van der Waals surface area contributed by atoms with Crippen LogP contribution in [0.3, 0.4) is 0 Å². The summed E-state index contributed by atoms with van der Waals surface area (Å²) >= 11 is 6.90. The van der Waals surface area contributed by atoms with E-state index in [1.165, 1.54) is 12.0 Å². The quantitative estimate of drug-likeness (QED) is 0.473. The third kappa shape index (κ3) is 3.91. The number of esters is 1. The number of ether oxygens (including phenoxy) is 3. The van der Waals surface area contributed by atoms with E-state index in [0.717, 1.165) is 22.2 Å². The number of nitrogens with zero attached hydrogens (tertiary/aromatic N) is 2. The SMILES string of the molecule is COC(=O)[C@@H]1CC2(CC(Cl)c3c(c(C)nc4ccccc34)O2)CN1C(=O)OC(C)(C)C. The molecule has 3 heterocycles. The number of rotatable bonds is 1. The van der Waals surface area contributed by atoms with Crippen molar-refractivity contribution < 1.29 is 23.8 Å². The second-order valence-corrected chi connectivity index (χ2v) is 9.79. The average molecular weight is 447 g/mol. The van der Waals surface area contributed by atoms with Crippen molar-refractivity contribution in [3.05, 3.63) is 35.5 Å². The van der Waals surface area contributed by atoms with Gasteiger partial charge in [-0.15, -0.1) is 11.6 Å². The summed E-state index contributed by atoms with van der Waals surface area (Å²) in [5.41, 5.74) is 0.967. The summed E-state index contributed by atoms with van der Waals surface area (Å²) in [7, 11) is 1.31. The van der Waals surface area contributed by atoms with Gasteiger partial charge in [-0.1, -0.05) is 18.2 Å². The molecule has 2 aliphatic rings. The molecule has 31 heavy (non-hydrogen) atoms. The van der Waals surface area contributed by atoms with E-state index < -0.39 is 29.3 Å². The number of aromatic nitrogens is 1. The van der Waals surface area contributed by atoms with Gasteiger partial charge in [0.2, 0.25) is 0 Å². The predicted octanol–water partition coefficient (Wildman–Crippen LogP) is 4.53. The van der Waals surface area contributed by atoms with Crippen LogP contribution in [0.4, 0.5) is 4.79 Å². The molecule has 8 heteroatoms. The molecule has 1 aromatic carbocycles. The molecule has 4 rings (SSSR count). The van der Waals surface area contributed by atoms with Gasteiger partial charge in [-0.3, -0.25) is 4.90 Å². The summed E-state index contributed by atoms with van der Waals surface area (Å²) in [6.45, 7) is 7.41. The smallest absolute Gasteiger partial charge is 0.411 e. The minimum atomic E-state index is -0.829. The largest absolute Gasteiger partial charge is 0.483 e. The zero-order chi connectivity index (χ0) is 22.6. The Balaban J connectivity index is 1.73. The molecule has 2 aliphatic heterocycles. The lowest BCUT2D eigenvalue weighted by Crippen LogP contribution is -2.46. The zero-order valence-corrected chi connectivity index (χ0v) is 19.2. The lowest BCUT2D eigenvalue weighted by atomic mass is 9.87. The Bertz CT molecular complexity index is 1050. The number of carbonyl (C=O) groups excluding carboxylic acids is 2. The van der Waals surface area contributed by atoms with Gasteiger partial charge in [0.25, 0.3) is 0 Å². The molecule has 1 aromatic heterocycles. The van der Waals surface area contributed by atoms with E-state index in [1.807, 2.05) is 31.2 Å². The monoisotopic (exact) mass is 446 g/mol. The average Bonchev–Trinajstić information content (AvgIpc) is 3.05. The van der Waals surface area contributed by atoms with Gasteiger partial charge in [0.15, 0.2) is 0 Å². The van der Waals surface area contributed by atoms with E-state index >= 15 is 0 Å². The summed E-state index contributed by atoms with van der Waals surface area (Å²) in [5, 5.41) is 0.594. The van der Waals surface area contributed by atoms with Gasteiger partial charge < -0.3 is 14.2 Å². The van der Waals surface area contributed by atoms with E-state index in [9.17, 15) is 9.59 Å². The molecule has 3 atom stereocenters. The Morgan fingerprint density at radius 2 is 1.97 bits per heavy atom. The molecule has 1 spiro atoms. The van der Waals surface area contributed by atoms with Gasteiger partial charge in [0.05, 0.1) is 30.2 Å². The van der Waals surface area contributed by atoms with E-state index in [4.69, 9.17) is 25.8 Å². The number of carbonyl (C=O) groups is 2. The number of benzene rings is 1. The molecule has 166 valence electrons. The third-order valence-electron chi connectivity index (χ3n) is 5.74. The summed E-state index contributed by atoms with van der Waals surface area (Å²) in [4.78, 5) is 31.5. The fraction of sp³-hybridized carbons (Fsp3) is 0.522. The molecule has 0 saturated carbocycles. The lowest BCUT2D eigenvalue weighted by molar-refractivity contribution is -0.145. The number of alkyl halides is 1. The molecule has 0 aliphatic carbocycles. The van der Waals surface area contributed by atoms with E-state index in [-0.39, 0.29) is 18.3 Å². The minimum Gasteiger partial charge on any atom is -0.483 e. The molecule has 1 amide bonds. The van der Waals surface area contributed by atoms with E-state index in [2.05, 4.69) is 4.98 Å². The number of methoxy groups -OCH3 is 1. The highest BCUT2D eigenvalue weighted by Gasteiger charge is 2.55. The molecule has 0 N–H and O–H groups in total. The van der Waals surface area contributed by atoms with Crippen molar-refractivity contribution in [1.29, 1.82) is 0 Å². The number of pyridine rings is 1. The third-order valence-corrected chi connectivity index (χ3v) is 6.11. The zero-order valence-electron chi connectivity index (χ0n) is 18.4. The summed E-state index contributed by atoms with van der Waals surface area (Å²) in [6.07, 6.45) is 0.143. The van der Waals surface area contributed by atoms with Gasteiger partial charge in [0, 0.05) is 23.8 Å². The molecule has 2 unspecified atom stereocenters. The van der Waals surface area contributed by atoms with Crippen molar-refractivity contribution in [3.63, 3.8) is 0 Å². The lowest BCUT2D eigenvalue weighted by Gasteiger charge is -2.38. The van der Waals surface area contributed by atoms with Crippen LogP contribution in [0.5, 0.6) is 5.75 Å². The van der Waals surface area contributed by atoms with Gasteiger partial charge in [-0.2, -0.15) is 0 Å². The van der Waals surface area contributed by atoms with Crippen LogP contribution in [0.15, 0.2) is 24.3 Å². The van der Waals surface area contributed by atoms with Crippen LogP contribution in [0.1, 0.15) is 50.2 Å². The highest BCUT2D eigenvalue weighted by Crippen LogP contribution is 2.51. The van der Waals surface area contributed by atoms with Crippen molar-refractivity contribution in [2.75, 3.05) is 13.7 Å². The first-order valence-corrected chi connectivity index (χ1v) is 10.8. The van der Waals surface area contributed by atoms with Crippen LogP contribution in [0, 0.1) is 6.92 Å². The van der Waals surface area contributed by atoms with Crippen molar-refractivity contribution in [2.45, 2.75) is 63.2 Å². The Morgan fingerprint density at radius 3 is 2.65 bits per heavy atom. The van der Waals surface area contributed by atoms with Crippen LogP contribution >= 0.6 is 11.6 Å². The fourth-order valence-electron chi connectivity index (χ4n) is 4.50. The predicted molar refractivity (Wildman–Crippen MR) is 116 cm³/mol. The standard InChI is InChI=1S/C23H27ClN2O5/c1-13-19-18(14-8-6-7-9-16(14)25-13)15(24)10-23(30-19)11-17(20(27)29-5)26(12-23)21(28)31-22(2,3)4/h6-9,15,17H,10-12H2,1-5H3/t15?,17-,23?/m0/s1. The molecular weight excluding hydrogens is 420 g/mol. The van der Waals surface area contributed by atoms with E-state index in [0.29, 0.717) is 12.2 Å². The van der Waals surface area contributed by atoms with Gasteiger partial charge in [-0.05, 0) is 33.8 Å². The van der Waals surface area contributed by atoms with Crippen molar-refractivity contribution >= 4 is 34.6 Å². The number of aryl methyl sites for hydroxylation is 1.